The number of nitrogens with one attached hydrogen (secondary N) is 1. The second kappa shape index (κ2) is 4.97. The molecule has 2 aromatic rings. The molecule has 18 heavy (non-hydrogen) atoms. The Hall–Kier alpha value is -2.87. The van der Waals surface area contributed by atoms with E-state index < -0.39 is 5.97 Å². The van der Waals surface area contributed by atoms with Crippen LogP contribution in [0.5, 0.6) is 0 Å². The third-order valence-corrected chi connectivity index (χ3v) is 2.27. The van der Waals surface area contributed by atoms with Crippen LogP contribution in [0.3, 0.4) is 0 Å². The predicted molar refractivity (Wildman–Crippen MR) is 65.6 cm³/mol. The van der Waals surface area contributed by atoms with Crippen LogP contribution in [-0.2, 0) is 0 Å². The Morgan fingerprint density at radius 3 is 2.78 bits per heavy atom. The molecule has 0 amide bonds. The first-order valence-electron chi connectivity index (χ1n) is 5.15. The van der Waals surface area contributed by atoms with Crippen LogP contribution in [0.1, 0.15) is 15.9 Å². The molecule has 2 rings (SSSR count). The Balaban J connectivity index is 2.20. The average Bonchev–Trinajstić information content (AvgIpc) is 2.40. The fourth-order valence-electron chi connectivity index (χ4n) is 1.41. The van der Waals surface area contributed by atoms with E-state index >= 15 is 0 Å². The standard InChI is InChI=1S/C13H9N3O2/c14-7-9-4-5-12(15-8-9)16-11-3-1-2-10(6-11)13(17)18/h1-6,8H,(H,15,16)(H,17,18). The second-order valence-electron chi connectivity index (χ2n) is 3.55. The Labute approximate surface area is 103 Å². The molecule has 0 radical (unpaired) electrons. The van der Waals surface area contributed by atoms with E-state index in [1.807, 2.05) is 6.07 Å². The number of anilines is 2. The number of aromatic carboxylic acids is 1. The molecule has 0 aliphatic carbocycles. The van der Waals surface area contributed by atoms with Crippen molar-refractivity contribution in [3.8, 4) is 6.07 Å². The van der Waals surface area contributed by atoms with Gasteiger partial charge in [-0.3, -0.25) is 0 Å². The average molecular weight is 239 g/mol. The van der Waals surface area contributed by atoms with E-state index in [0.717, 1.165) is 0 Å². The fraction of sp³-hybridized carbons (Fsp3) is 0. The number of aromatic nitrogens is 1. The van der Waals surface area contributed by atoms with Crippen molar-refractivity contribution in [2.45, 2.75) is 0 Å². The van der Waals surface area contributed by atoms with E-state index in [1.165, 1.54) is 18.3 Å². The second-order valence-corrected chi connectivity index (χ2v) is 3.55. The number of carboxylic acid groups (broad SMARTS) is 1. The number of carboxylic acids is 1. The van der Waals surface area contributed by atoms with Crippen LogP contribution < -0.4 is 5.32 Å². The molecule has 1 aromatic heterocycles. The Morgan fingerprint density at radius 2 is 2.17 bits per heavy atom. The smallest absolute Gasteiger partial charge is 0.335 e. The summed E-state index contributed by atoms with van der Waals surface area (Å²) in [6, 6.07) is 11.7. The van der Waals surface area contributed by atoms with Crippen LogP contribution in [0.15, 0.2) is 42.6 Å². The topological polar surface area (TPSA) is 86.0 Å². The summed E-state index contributed by atoms with van der Waals surface area (Å²) in [5, 5.41) is 20.5. The molecule has 0 saturated carbocycles. The minimum atomic E-state index is -0.980. The van der Waals surface area contributed by atoms with Gasteiger partial charge in [0.15, 0.2) is 0 Å². The largest absolute Gasteiger partial charge is 0.478 e. The van der Waals surface area contributed by atoms with Gasteiger partial charge in [-0.05, 0) is 30.3 Å². The van der Waals surface area contributed by atoms with Crippen LogP contribution in [0.4, 0.5) is 11.5 Å². The van der Waals surface area contributed by atoms with E-state index in [0.29, 0.717) is 17.1 Å². The maximum atomic E-state index is 10.8. The molecule has 0 aliphatic heterocycles. The van der Waals surface area contributed by atoms with Gasteiger partial charge in [-0.1, -0.05) is 6.07 Å². The summed E-state index contributed by atoms with van der Waals surface area (Å²) < 4.78 is 0. The highest BCUT2D eigenvalue weighted by atomic mass is 16.4. The summed E-state index contributed by atoms with van der Waals surface area (Å²) in [5.41, 5.74) is 1.31. The van der Waals surface area contributed by atoms with Crippen LogP contribution in [0.2, 0.25) is 0 Å². The summed E-state index contributed by atoms with van der Waals surface area (Å²) in [6.07, 6.45) is 1.45. The lowest BCUT2D eigenvalue weighted by molar-refractivity contribution is 0.0697. The highest BCUT2D eigenvalue weighted by Gasteiger charge is 2.03. The maximum absolute atomic E-state index is 10.8. The van der Waals surface area contributed by atoms with Gasteiger partial charge in [0, 0.05) is 11.9 Å². The number of nitrogens with zero attached hydrogens (tertiary/aromatic N) is 2. The van der Waals surface area contributed by atoms with Crippen molar-refractivity contribution in [1.82, 2.24) is 4.98 Å². The number of benzene rings is 1. The minimum absolute atomic E-state index is 0.202. The SMILES string of the molecule is N#Cc1ccc(Nc2cccc(C(=O)O)c2)nc1. The van der Waals surface area contributed by atoms with Gasteiger partial charge >= 0.3 is 5.97 Å². The monoisotopic (exact) mass is 239 g/mol. The molecule has 88 valence electrons. The van der Waals surface area contributed by atoms with Crippen molar-refractivity contribution in [2.24, 2.45) is 0 Å². The Bertz CT molecular complexity index is 615. The van der Waals surface area contributed by atoms with Crippen molar-refractivity contribution >= 4 is 17.5 Å². The molecule has 1 aromatic carbocycles. The molecule has 5 nitrogen and oxygen atoms in total. The minimum Gasteiger partial charge on any atom is -0.478 e. The number of hydrogen-bond acceptors (Lipinski definition) is 4. The van der Waals surface area contributed by atoms with Crippen molar-refractivity contribution in [1.29, 1.82) is 5.26 Å². The maximum Gasteiger partial charge on any atom is 0.335 e. The molecule has 0 aliphatic rings. The normalized spacial score (nSPS) is 9.50. The zero-order chi connectivity index (χ0) is 13.0. The molecule has 0 spiro atoms. The highest BCUT2D eigenvalue weighted by molar-refractivity contribution is 5.89. The van der Waals surface area contributed by atoms with E-state index in [1.54, 1.807) is 24.3 Å². The van der Waals surface area contributed by atoms with Crippen molar-refractivity contribution < 1.29 is 9.90 Å². The fourth-order valence-corrected chi connectivity index (χ4v) is 1.41. The van der Waals surface area contributed by atoms with Crippen molar-refractivity contribution in [3.63, 3.8) is 0 Å². The lowest BCUT2D eigenvalue weighted by Gasteiger charge is -2.05. The summed E-state index contributed by atoms with van der Waals surface area (Å²) in [6.45, 7) is 0. The number of rotatable bonds is 3. The summed E-state index contributed by atoms with van der Waals surface area (Å²) in [4.78, 5) is 14.8. The molecule has 0 bridgehead atoms. The van der Waals surface area contributed by atoms with E-state index in [2.05, 4.69) is 10.3 Å². The van der Waals surface area contributed by atoms with Gasteiger partial charge in [0.2, 0.25) is 0 Å². The first-order chi connectivity index (χ1) is 8.69. The van der Waals surface area contributed by atoms with Gasteiger partial charge < -0.3 is 10.4 Å². The van der Waals surface area contributed by atoms with Gasteiger partial charge in [0.25, 0.3) is 0 Å². The van der Waals surface area contributed by atoms with Gasteiger partial charge in [0.1, 0.15) is 11.9 Å². The predicted octanol–water partition coefficient (Wildman–Crippen LogP) is 2.40. The molecule has 5 heteroatoms. The zero-order valence-electron chi connectivity index (χ0n) is 9.29. The number of nitriles is 1. The molecule has 1 heterocycles. The highest BCUT2D eigenvalue weighted by Crippen LogP contribution is 2.16. The van der Waals surface area contributed by atoms with E-state index in [-0.39, 0.29) is 5.56 Å². The van der Waals surface area contributed by atoms with Crippen molar-refractivity contribution in [2.75, 3.05) is 5.32 Å². The van der Waals surface area contributed by atoms with Gasteiger partial charge in [0.05, 0.1) is 11.1 Å². The summed E-state index contributed by atoms with van der Waals surface area (Å²) >= 11 is 0. The van der Waals surface area contributed by atoms with Gasteiger partial charge in [-0.25, -0.2) is 9.78 Å². The molecular formula is C13H9N3O2. The number of carbonyl (C=O) groups is 1. The lowest BCUT2D eigenvalue weighted by Crippen LogP contribution is -1.98. The van der Waals surface area contributed by atoms with E-state index in [9.17, 15) is 4.79 Å². The summed E-state index contributed by atoms with van der Waals surface area (Å²) in [5.74, 6) is -0.428. The Morgan fingerprint density at radius 1 is 1.33 bits per heavy atom. The lowest BCUT2D eigenvalue weighted by atomic mass is 10.2. The summed E-state index contributed by atoms with van der Waals surface area (Å²) in [7, 11) is 0. The third kappa shape index (κ3) is 2.62. The molecule has 0 atom stereocenters. The van der Waals surface area contributed by atoms with Gasteiger partial charge in [-0.2, -0.15) is 5.26 Å². The first kappa shape index (κ1) is 11.6. The third-order valence-electron chi connectivity index (χ3n) is 2.27. The Kier molecular flexibility index (Phi) is 3.21. The number of hydrogen-bond donors (Lipinski definition) is 2. The van der Waals surface area contributed by atoms with Crippen LogP contribution in [0.25, 0.3) is 0 Å². The first-order valence-corrected chi connectivity index (χ1v) is 5.15. The quantitative estimate of drug-likeness (QED) is 0.858. The molecular weight excluding hydrogens is 230 g/mol. The van der Waals surface area contributed by atoms with Crippen LogP contribution >= 0.6 is 0 Å². The molecule has 2 N–H and O–H groups in total. The van der Waals surface area contributed by atoms with E-state index in [4.69, 9.17) is 10.4 Å². The number of pyridine rings is 1. The molecule has 0 unspecified atom stereocenters. The van der Waals surface area contributed by atoms with Gasteiger partial charge in [-0.15, -0.1) is 0 Å². The van der Waals surface area contributed by atoms with Crippen LogP contribution in [0, 0.1) is 11.3 Å². The molecule has 0 fully saturated rings. The molecule has 0 saturated heterocycles. The van der Waals surface area contributed by atoms with Crippen molar-refractivity contribution in [3.05, 3.63) is 53.7 Å². The van der Waals surface area contributed by atoms with Crippen LogP contribution in [-0.4, -0.2) is 16.1 Å². The zero-order valence-corrected chi connectivity index (χ0v) is 9.29.